The predicted octanol–water partition coefficient (Wildman–Crippen LogP) is 1.80. The first-order valence-corrected chi connectivity index (χ1v) is 9.76. The number of fused-ring (bicyclic) bond motifs is 1. The van der Waals surface area contributed by atoms with E-state index in [2.05, 4.69) is 27.2 Å². The Morgan fingerprint density at radius 3 is 2.66 bits per heavy atom. The van der Waals surface area contributed by atoms with E-state index in [0.717, 1.165) is 16.5 Å². The van der Waals surface area contributed by atoms with Gasteiger partial charge in [0.25, 0.3) is 0 Å². The number of piperazine rings is 1. The lowest BCUT2D eigenvalue weighted by Gasteiger charge is -2.34. The third-order valence-corrected chi connectivity index (χ3v) is 5.31. The number of amides is 2. The first kappa shape index (κ1) is 19.2. The summed E-state index contributed by atoms with van der Waals surface area (Å²) in [5, 5.41) is 7.62. The molecule has 4 rings (SSSR count). The number of hydrogen-bond acceptors (Lipinski definition) is 5. The SMILES string of the molecule is Cc1cc(NC(=O)CN2CCN(C(=O)Cc3cn(C)c4ccccc34)CC2)no1. The van der Waals surface area contributed by atoms with Crippen LogP contribution in [-0.2, 0) is 23.1 Å². The van der Waals surface area contributed by atoms with Crippen LogP contribution in [0.2, 0.25) is 0 Å². The van der Waals surface area contributed by atoms with Crippen LogP contribution >= 0.6 is 0 Å². The highest BCUT2D eigenvalue weighted by Crippen LogP contribution is 2.21. The standard InChI is InChI=1S/C21H25N5O3/c1-15-11-19(23-29-15)22-20(27)14-25-7-9-26(10-8-25)21(28)12-16-13-24(2)18-6-4-3-5-17(16)18/h3-6,11,13H,7-10,12,14H2,1-2H3,(H,22,23,27). The molecule has 29 heavy (non-hydrogen) atoms. The second-order valence-electron chi connectivity index (χ2n) is 7.49. The van der Waals surface area contributed by atoms with Crippen LogP contribution in [0.25, 0.3) is 10.9 Å². The van der Waals surface area contributed by atoms with E-state index in [1.54, 1.807) is 13.0 Å². The lowest BCUT2D eigenvalue weighted by molar-refractivity contribution is -0.132. The zero-order valence-electron chi connectivity index (χ0n) is 16.7. The Balaban J connectivity index is 1.28. The van der Waals surface area contributed by atoms with Crippen LogP contribution in [0.5, 0.6) is 0 Å². The molecule has 1 fully saturated rings. The number of hydrogen-bond donors (Lipinski definition) is 1. The largest absolute Gasteiger partial charge is 0.360 e. The number of benzene rings is 1. The topological polar surface area (TPSA) is 83.6 Å². The average Bonchev–Trinajstić information content (AvgIpc) is 3.25. The highest BCUT2D eigenvalue weighted by molar-refractivity contribution is 5.91. The minimum Gasteiger partial charge on any atom is -0.360 e. The van der Waals surface area contributed by atoms with Crippen LogP contribution in [0, 0.1) is 6.92 Å². The summed E-state index contributed by atoms with van der Waals surface area (Å²) in [6.45, 7) is 4.65. The summed E-state index contributed by atoms with van der Waals surface area (Å²) < 4.78 is 7.01. The van der Waals surface area contributed by atoms with Gasteiger partial charge in [-0.15, -0.1) is 0 Å². The average molecular weight is 395 g/mol. The van der Waals surface area contributed by atoms with E-state index in [1.807, 2.05) is 35.2 Å². The molecular formula is C21H25N5O3. The van der Waals surface area contributed by atoms with Gasteiger partial charge in [0.15, 0.2) is 5.82 Å². The van der Waals surface area contributed by atoms with Crippen LogP contribution in [-0.4, -0.2) is 64.1 Å². The molecule has 2 aromatic heterocycles. The summed E-state index contributed by atoms with van der Waals surface area (Å²) in [5.41, 5.74) is 2.19. The molecule has 0 saturated carbocycles. The number of nitrogens with one attached hydrogen (secondary N) is 1. The Hall–Kier alpha value is -3.13. The molecule has 0 aliphatic carbocycles. The first-order valence-electron chi connectivity index (χ1n) is 9.76. The highest BCUT2D eigenvalue weighted by atomic mass is 16.5. The lowest BCUT2D eigenvalue weighted by atomic mass is 10.1. The van der Waals surface area contributed by atoms with Crippen LogP contribution in [0.1, 0.15) is 11.3 Å². The third kappa shape index (κ3) is 4.32. The fourth-order valence-corrected chi connectivity index (χ4v) is 3.81. The minimum absolute atomic E-state index is 0.128. The van der Waals surface area contributed by atoms with E-state index in [-0.39, 0.29) is 18.4 Å². The van der Waals surface area contributed by atoms with Crippen molar-refractivity contribution in [2.45, 2.75) is 13.3 Å². The second-order valence-corrected chi connectivity index (χ2v) is 7.49. The summed E-state index contributed by atoms with van der Waals surface area (Å²) in [6, 6.07) is 9.81. The van der Waals surface area contributed by atoms with E-state index in [4.69, 9.17) is 4.52 Å². The lowest BCUT2D eigenvalue weighted by Crippen LogP contribution is -2.50. The van der Waals surface area contributed by atoms with Crippen LogP contribution < -0.4 is 5.32 Å². The van der Waals surface area contributed by atoms with Crippen molar-refractivity contribution in [3.05, 3.63) is 47.9 Å². The van der Waals surface area contributed by atoms with Crippen molar-refractivity contribution in [2.75, 3.05) is 38.0 Å². The van der Waals surface area contributed by atoms with Gasteiger partial charge in [0, 0.05) is 56.4 Å². The number of carbonyl (C=O) groups is 2. The number of nitrogens with zero attached hydrogens (tertiary/aromatic N) is 4. The van der Waals surface area contributed by atoms with Crippen LogP contribution in [0.4, 0.5) is 5.82 Å². The molecule has 1 aromatic carbocycles. The summed E-state index contributed by atoms with van der Waals surface area (Å²) in [5.74, 6) is 1.08. The number of aromatic nitrogens is 2. The van der Waals surface area contributed by atoms with Crippen molar-refractivity contribution in [2.24, 2.45) is 7.05 Å². The molecule has 3 aromatic rings. The molecule has 0 bridgehead atoms. The van der Waals surface area contributed by atoms with Gasteiger partial charge in [-0.2, -0.15) is 0 Å². The number of carbonyl (C=O) groups excluding carboxylic acids is 2. The fourth-order valence-electron chi connectivity index (χ4n) is 3.81. The molecule has 0 atom stereocenters. The summed E-state index contributed by atoms with van der Waals surface area (Å²) >= 11 is 0. The van der Waals surface area contributed by atoms with Gasteiger partial charge in [-0.3, -0.25) is 14.5 Å². The maximum absolute atomic E-state index is 12.8. The van der Waals surface area contributed by atoms with Crippen LogP contribution in [0.15, 0.2) is 41.1 Å². The molecule has 2 amide bonds. The van der Waals surface area contributed by atoms with Crippen molar-refractivity contribution in [3.8, 4) is 0 Å². The summed E-state index contributed by atoms with van der Waals surface area (Å²) in [6.07, 6.45) is 2.43. The van der Waals surface area contributed by atoms with Crippen molar-refractivity contribution in [3.63, 3.8) is 0 Å². The normalized spacial score (nSPS) is 15.0. The van der Waals surface area contributed by atoms with Crippen molar-refractivity contribution < 1.29 is 14.1 Å². The Bertz CT molecular complexity index is 1030. The maximum Gasteiger partial charge on any atom is 0.239 e. The Morgan fingerprint density at radius 1 is 1.17 bits per heavy atom. The molecule has 0 spiro atoms. The van der Waals surface area contributed by atoms with Gasteiger partial charge in [-0.25, -0.2) is 0 Å². The molecule has 1 N–H and O–H groups in total. The molecule has 8 nitrogen and oxygen atoms in total. The van der Waals surface area contributed by atoms with Crippen LogP contribution in [0.3, 0.4) is 0 Å². The van der Waals surface area contributed by atoms with E-state index >= 15 is 0 Å². The van der Waals surface area contributed by atoms with Gasteiger partial charge in [-0.1, -0.05) is 23.4 Å². The molecule has 152 valence electrons. The quantitative estimate of drug-likeness (QED) is 0.712. The van der Waals surface area contributed by atoms with E-state index in [9.17, 15) is 9.59 Å². The fraction of sp³-hybridized carbons (Fsp3) is 0.381. The number of aryl methyl sites for hydroxylation is 2. The van der Waals surface area contributed by atoms with E-state index < -0.39 is 0 Å². The molecular weight excluding hydrogens is 370 g/mol. The molecule has 8 heteroatoms. The Labute approximate surface area is 169 Å². The van der Waals surface area contributed by atoms with Gasteiger partial charge < -0.3 is 19.3 Å². The minimum atomic E-state index is -0.131. The van der Waals surface area contributed by atoms with E-state index in [1.165, 1.54) is 0 Å². The predicted molar refractivity (Wildman–Crippen MR) is 110 cm³/mol. The van der Waals surface area contributed by atoms with Crippen molar-refractivity contribution in [1.29, 1.82) is 0 Å². The number of para-hydroxylation sites is 1. The molecule has 1 aliphatic heterocycles. The molecule has 0 radical (unpaired) electrons. The third-order valence-electron chi connectivity index (χ3n) is 5.31. The van der Waals surface area contributed by atoms with Gasteiger partial charge in [-0.05, 0) is 18.6 Å². The highest BCUT2D eigenvalue weighted by Gasteiger charge is 2.23. The van der Waals surface area contributed by atoms with Crippen molar-refractivity contribution >= 4 is 28.5 Å². The number of rotatable bonds is 5. The van der Waals surface area contributed by atoms with Gasteiger partial charge in [0.05, 0.1) is 13.0 Å². The van der Waals surface area contributed by atoms with Gasteiger partial charge in [0.2, 0.25) is 11.8 Å². The van der Waals surface area contributed by atoms with Gasteiger partial charge >= 0.3 is 0 Å². The zero-order valence-corrected chi connectivity index (χ0v) is 16.7. The maximum atomic E-state index is 12.8. The monoisotopic (exact) mass is 395 g/mol. The number of anilines is 1. The Kier molecular flexibility index (Phi) is 5.35. The smallest absolute Gasteiger partial charge is 0.239 e. The van der Waals surface area contributed by atoms with E-state index in [0.29, 0.717) is 44.2 Å². The summed E-state index contributed by atoms with van der Waals surface area (Å²) in [4.78, 5) is 28.9. The summed E-state index contributed by atoms with van der Waals surface area (Å²) in [7, 11) is 2.00. The first-order chi connectivity index (χ1) is 14.0. The van der Waals surface area contributed by atoms with Gasteiger partial charge in [0.1, 0.15) is 5.76 Å². The molecule has 0 unspecified atom stereocenters. The molecule has 1 saturated heterocycles. The zero-order chi connectivity index (χ0) is 20.4. The second kappa shape index (κ2) is 8.08. The molecule has 3 heterocycles. The molecule has 1 aliphatic rings. The Morgan fingerprint density at radius 2 is 1.93 bits per heavy atom. The van der Waals surface area contributed by atoms with Crippen molar-refractivity contribution in [1.82, 2.24) is 19.5 Å².